The van der Waals surface area contributed by atoms with E-state index in [1.54, 1.807) is 0 Å². The molecule has 1 heterocycles. The van der Waals surface area contributed by atoms with Crippen molar-refractivity contribution in [2.75, 3.05) is 0 Å². The Morgan fingerprint density at radius 2 is 1.80 bits per heavy atom. The summed E-state index contributed by atoms with van der Waals surface area (Å²) in [5.41, 5.74) is -3.26. The summed E-state index contributed by atoms with van der Waals surface area (Å²) >= 11 is 2.44. The molecule has 0 saturated heterocycles. The first-order valence-electron chi connectivity index (χ1n) is 3.44. The van der Waals surface area contributed by atoms with Gasteiger partial charge in [-0.2, -0.15) is 17.6 Å². The van der Waals surface area contributed by atoms with Crippen molar-refractivity contribution in [1.82, 2.24) is 4.98 Å². The van der Waals surface area contributed by atoms with Crippen molar-refractivity contribution in [2.45, 2.75) is 12.6 Å². The highest BCUT2D eigenvalue weighted by atomic mass is 79.9. The molecule has 1 nitrogen and oxygen atoms in total. The molecule has 0 aliphatic rings. The predicted octanol–water partition coefficient (Wildman–Crippen LogP) is 3.94. The molecule has 0 N–H and O–H groups in total. The highest BCUT2D eigenvalue weighted by molar-refractivity contribution is 9.10. The van der Waals surface area contributed by atoms with Crippen molar-refractivity contribution in [1.29, 1.82) is 0 Å². The minimum absolute atomic E-state index is 0.240. The molecule has 1 aromatic heterocycles. The van der Waals surface area contributed by atoms with E-state index < -0.39 is 34.3 Å². The Morgan fingerprint density at radius 1 is 1.27 bits per heavy atom. The quantitative estimate of drug-likeness (QED) is 0.564. The fraction of sp³-hybridized carbons (Fsp3) is 0.286. The topological polar surface area (TPSA) is 12.9 Å². The maximum atomic E-state index is 12.6. The van der Waals surface area contributed by atoms with E-state index in [1.807, 2.05) is 0 Å². The van der Waals surface area contributed by atoms with Crippen LogP contribution in [0, 0.1) is 5.95 Å². The molecule has 0 aromatic carbocycles. The summed E-state index contributed by atoms with van der Waals surface area (Å²) in [4.78, 5) is 2.56. The van der Waals surface area contributed by atoms with Crippen LogP contribution in [0.5, 0.6) is 0 Å². The third kappa shape index (κ3) is 2.61. The summed E-state index contributed by atoms with van der Waals surface area (Å²) < 4.78 is 72.9. The van der Waals surface area contributed by atoms with Gasteiger partial charge in [-0.1, -0.05) is 0 Å². The van der Waals surface area contributed by atoms with Crippen LogP contribution in [-0.2, 0) is 6.18 Å². The summed E-state index contributed by atoms with van der Waals surface area (Å²) in [6.07, 6.45) is -8.47. The first-order valence-corrected chi connectivity index (χ1v) is 4.24. The van der Waals surface area contributed by atoms with E-state index in [2.05, 4.69) is 20.9 Å². The number of alkyl halides is 5. The van der Waals surface area contributed by atoms with E-state index in [4.69, 9.17) is 0 Å². The molecule has 0 fully saturated rings. The molecule has 0 saturated carbocycles. The smallest absolute Gasteiger partial charge is 0.217 e. The van der Waals surface area contributed by atoms with E-state index in [0.29, 0.717) is 0 Å². The van der Waals surface area contributed by atoms with Gasteiger partial charge in [0.2, 0.25) is 5.95 Å². The van der Waals surface area contributed by atoms with Crippen molar-refractivity contribution in [3.63, 3.8) is 0 Å². The van der Waals surface area contributed by atoms with Crippen molar-refractivity contribution >= 4 is 15.9 Å². The molecule has 84 valence electrons. The average molecular weight is 294 g/mol. The van der Waals surface area contributed by atoms with Crippen LogP contribution in [0.25, 0.3) is 0 Å². The zero-order valence-electron chi connectivity index (χ0n) is 6.75. The molecule has 0 amide bonds. The maximum Gasteiger partial charge on any atom is 0.418 e. The molecular weight excluding hydrogens is 292 g/mol. The fourth-order valence-electron chi connectivity index (χ4n) is 0.873. The van der Waals surface area contributed by atoms with Gasteiger partial charge in [-0.05, 0) is 22.0 Å². The second kappa shape index (κ2) is 3.99. The van der Waals surface area contributed by atoms with E-state index >= 15 is 0 Å². The van der Waals surface area contributed by atoms with Crippen molar-refractivity contribution in [2.24, 2.45) is 0 Å². The second-order valence-electron chi connectivity index (χ2n) is 2.49. The third-order valence-electron chi connectivity index (χ3n) is 1.47. The minimum atomic E-state index is -4.99. The standard InChI is InChI=1S/C7H2BrF6N/c8-3-1-2(7(12,13)14)4(5(9)10)15-6(3)11/h1,5H. The van der Waals surface area contributed by atoms with Gasteiger partial charge >= 0.3 is 6.18 Å². The lowest BCUT2D eigenvalue weighted by Gasteiger charge is -2.11. The predicted molar refractivity (Wildman–Crippen MR) is 41.9 cm³/mol. The van der Waals surface area contributed by atoms with E-state index in [9.17, 15) is 26.3 Å². The van der Waals surface area contributed by atoms with Crippen LogP contribution in [0.1, 0.15) is 17.7 Å². The average Bonchev–Trinajstić information content (AvgIpc) is 2.06. The lowest BCUT2D eigenvalue weighted by molar-refractivity contribution is -0.140. The van der Waals surface area contributed by atoms with Crippen molar-refractivity contribution in [3.05, 3.63) is 27.7 Å². The van der Waals surface area contributed by atoms with Crippen LogP contribution in [0.3, 0.4) is 0 Å². The van der Waals surface area contributed by atoms with Gasteiger partial charge in [0.15, 0.2) is 0 Å². The zero-order valence-corrected chi connectivity index (χ0v) is 8.33. The lowest BCUT2D eigenvalue weighted by atomic mass is 10.2. The minimum Gasteiger partial charge on any atom is -0.217 e. The molecule has 8 heteroatoms. The largest absolute Gasteiger partial charge is 0.418 e. The fourth-order valence-corrected chi connectivity index (χ4v) is 1.19. The van der Waals surface area contributed by atoms with Gasteiger partial charge in [0.1, 0.15) is 5.69 Å². The molecule has 0 aliphatic carbocycles. The summed E-state index contributed by atoms with van der Waals surface area (Å²) in [5, 5.41) is 0. The van der Waals surface area contributed by atoms with Gasteiger partial charge in [-0.25, -0.2) is 13.8 Å². The van der Waals surface area contributed by atoms with Gasteiger partial charge < -0.3 is 0 Å². The zero-order chi connectivity index (χ0) is 11.8. The molecule has 0 aliphatic heterocycles. The Bertz CT molecular complexity index is 374. The normalized spacial score (nSPS) is 12.3. The summed E-state index contributed by atoms with van der Waals surface area (Å²) in [6, 6.07) is 0.240. The highest BCUT2D eigenvalue weighted by Crippen LogP contribution is 2.37. The number of pyridine rings is 1. The van der Waals surface area contributed by atoms with E-state index in [1.165, 1.54) is 0 Å². The van der Waals surface area contributed by atoms with Crippen molar-refractivity contribution in [3.8, 4) is 0 Å². The van der Waals surface area contributed by atoms with Gasteiger partial charge in [-0.3, -0.25) is 0 Å². The SMILES string of the molecule is Fc1nc(C(F)F)c(C(F)(F)F)cc1Br. The van der Waals surface area contributed by atoms with Gasteiger partial charge in [0.25, 0.3) is 6.43 Å². The molecular formula is C7H2BrF6N. The molecule has 15 heavy (non-hydrogen) atoms. The molecule has 0 spiro atoms. The Balaban J connectivity index is 3.42. The van der Waals surface area contributed by atoms with E-state index in [0.717, 1.165) is 0 Å². The van der Waals surface area contributed by atoms with Crippen molar-refractivity contribution < 1.29 is 26.3 Å². The second-order valence-corrected chi connectivity index (χ2v) is 3.35. The highest BCUT2D eigenvalue weighted by Gasteiger charge is 2.37. The molecule has 0 bridgehead atoms. The van der Waals surface area contributed by atoms with Crippen LogP contribution in [0.2, 0.25) is 0 Å². The first kappa shape index (κ1) is 12.3. The number of nitrogens with zero attached hydrogens (tertiary/aromatic N) is 1. The number of aromatic nitrogens is 1. The summed E-state index contributed by atoms with van der Waals surface area (Å²) in [6.45, 7) is 0. The Kier molecular flexibility index (Phi) is 3.27. The molecule has 0 unspecified atom stereocenters. The summed E-state index contributed by atoms with van der Waals surface area (Å²) in [5.74, 6) is -1.40. The summed E-state index contributed by atoms with van der Waals surface area (Å²) in [7, 11) is 0. The third-order valence-corrected chi connectivity index (χ3v) is 2.03. The van der Waals surface area contributed by atoms with Crippen LogP contribution >= 0.6 is 15.9 Å². The Hall–Kier alpha value is -0.790. The Labute approximate surface area is 88.2 Å². The van der Waals surface area contributed by atoms with Crippen LogP contribution in [0.4, 0.5) is 26.3 Å². The number of hydrogen-bond acceptors (Lipinski definition) is 1. The van der Waals surface area contributed by atoms with Gasteiger partial charge in [0.05, 0.1) is 10.0 Å². The molecule has 1 aromatic rings. The number of rotatable bonds is 1. The van der Waals surface area contributed by atoms with E-state index in [-0.39, 0.29) is 6.07 Å². The van der Waals surface area contributed by atoms with Gasteiger partial charge in [0, 0.05) is 0 Å². The number of hydrogen-bond donors (Lipinski definition) is 0. The van der Waals surface area contributed by atoms with Crippen LogP contribution in [0.15, 0.2) is 10.5 Å². The Morgan fingerprint density at radius 3 is 2.20 bits per heavy atom. The van der Waals surface area contributed by atoms with Gasteiger partial charge in [-0.15, -0.1) is 0 Å². The molecule has 0 radical (unpaired) electrons. The molecule has 1 rings (SSSR count). The maximum absolute atomic E-state index is 12.6. The van der Waals surface area contributed by atoms with Crippen LogP contribution in [-0.4, -0.2) is 4.98 Å². The first-order chi connectivity index (χ1) is 6.73. The number of halogens is 7. The monoisotopic (exact) mass is 293 g/mol. The lowest BCUT2D eigenvalue weighted by Crippen LogP contribution is -2.12. The van der Waals surface area contributed by atoms with Crippen LogP contribution < -0.4 is 0 Å². The molecule has 0 atom stereocenters.